The minimum Gasteiger partial charge on any atom is -0.397 e. The molecule has 0 fully saturated rings. The van der Waals surface area contributed by atoms with Crippen molar-refractivity contribution < 1.29 is 13.9 Å². The van der Waals surface area contributed by atoms with Gasteiger partial charge in [-0.2, -0.15) is 0 Å². The summed E-state index contributed by atoms with van der Waals surface area (Å²) in [6.07, 6.45) is -2.72. The molecule has 0 bridgehead atoms. The van der Waals surface area contributed by atoms with Crippen molar-refractivity contribution in [3.05, 3.63) is 21.9 Å². The second kappa shape index (κ2) is 3.97. The first-order valence-electron chi connectivity index (χ1n) is 3.40. The number of pyridine rings is 1. The molecule has 1 rings (SSSR count). The summed E-state index contributed by atoms with van der Waals surface area (Å²) in [4.78, 5) is 3.52. The van der Waals surface area contributed by atoms with Gasteiger partial charge >= 0.3 is 0 Å². The maximum Gasteiger partial charge on any atom is 0.282 e. The predicted octanol–water partition coefficient (Wildman–Crippen LogP) is 1.86. The molecule has 0 aliphatic rings. The van der Waals surface area contributed by atoms with E-state index in [1.807, 2.05) is 0 Å². The smallest absolute Gasteiger partial charge is 0.282 e. The first kappa shape index (κ1) is 10.3. The van der Waals surface area contributed by atoms with Gasteiger partial charge in [-0.1, -0.05) is 0 Å². The lowest BCUT2D eigenvalue weighted by Gasteiger charge is -2.07. The van der Waals surface area contributed by atoms with Crippen LogP contribution in [0.25, 0.3) is 0 Å². The van der Waals surface area contributed by atoms with E-state index in [9.17, 15) is 8.78 Å². The van der Waals surface area contributed by atoms with Crippen molar-refractivity contribution in [2.24, 2.45) is 0 Å². The van der Waals surface area contributed by atoms with E-state index in [0.29, 0.717) is 4.47 Å². The molecule has 3 N–H and O–H groups in total. The summed E-state index contributed by atoms with van der Waals surface area (Å²) < 4.78 is 24.9. The molecular formula is C7H7BrF2N2O. The molecule has 0 atom stereocenters. The molecule has 0 saturated heterocycles. The lowest BCUT2D eigenvalue weighted by atomic mass is 10.2. The molecule has 0 aromatic carbocycles. The molecule has 0 amide bonds. The quantitative estimate of drug-likeness (QED) is 0.845. The Bertz CT molecular complexity index is 320. The van der Waals surface area contributed by atoms with E-state index in [-0.39, 0.29) is 11.4 Å². The molecule has 0 unspecified atom stereocenters. The number of alkyl halides is 2. The summed E-state index contributed by atoms with van der Waals surface area (Å²) in [6, 6.07) is 1.31. The molecule has 1 aromatic rings. The number of aromatic nitrogens is 1. The van der Waals surface area contributed by atoms with Crippen LogP contribution >= 0.6 is 15.9 Å². The Hall–Kier alpha value is -0.750. The van der Waals surface area contributed by atoms with Crippen LogP contribution in [-0.2, 0) is 6.61 Å². The molecular weight excluding hydrogens is 246 g/mol. The Balaban J connectivity index is 3.22. The van der Waals surface area contributed by atoms with Crippen molar-refractivity contribution in [3.63, 3.8) is 0 Å². The Morgan fingerprint density at radius 1 is 1.62 bits per heavy atom. The highest BCUT2D eigenvalue weighted by atomic mass is 79.9. The van der Waals surface area contributed by atoms with E-state index in [0.717, 1.165) is 0 Å². The van der Waals surface area contributed by atoms with Crippen LogP contribution in [0.4, 0.5) is 14.5 Å². The van der Waals surface area contributed by atoms with Gasteiger partial charge in [0.2, 0.25) is 0 Å². The summed E-state index contributed by atoms with van der Waals surface area (Å²) in [5, 5.41) is 8.74. The fourth-order valence-electron chi connectivity index (χ4n) is 0.843. The number of nitrogen functional groups attached to an aromatic ring is 1. The van der Waals surface area contributed by atoms with Crippen molar-refractivity contribution in [2.45, 2.75) is 13.0 Å². The zero-order valence-corrected chi connectivity index (χ0v) is 8.05. The van der Waals surface area contributed by atoms with E-state index in [4.69, 9.17) is 10.8 Å². The predicted molar refractivity (Wildman–Crippen MR) is 47.2 cm³/mol. The summed E-state index contributed by atoms with van der Waals surface area (Å²) >= 11 is 3.04. The van der Waals surface area contributed by atoms with Gasteiger partial charge in [-0.15, -0.1) is 0 Å². The molecule has 3 nitrogen and oxygen atoms in total. The number of hydrogen-bond acceptors (Lipinski definition) is 3. The van der Waals surface area contributed by atoms with Crippen molar-refractivity contribution in [2.75, 3.05) is 5.73 Å². The minimum absolute atomic E-state index is 0.0842. The fourth-order valence-corrected chi connectivity index (χ4v) is 1.30. The minimum atomic E-state index is -2.72. The van der Waals surface area contributed by atoms with Crippen molar-refractivity contribution in [1.29, 1.82) is 0 Å². The second-order valence-corrected chi connectivity index (χ2v) is 3.20. The van der Waals surface area contributed by atoms with Gasteiger partial charge in [-0.3, -0.25) is 0 Å². The number of hydrogen-bond donors (Lipinski definition) is 2. The van der Waals surface area contributed by atoms with Gasteiger partial charge in [-0.05, 0) is 22.0 Å². The van der Waals surface area contributed by atoms with E-state index in [2.05, 4.69) is 20.9 Å². The van der Waals surface area contributed by atoms with E-state index in [1.54, 1.807) is 0 Å². The molecule has 1 aromatic heterocycles. The largest absolute Gasteiger partial charge is 0.397 e. The number of aliphatic hydroxyl groups excluding tert-OH is 1. The number of halogens is 3. The molecule has 0 aliphatic heterocycles. The first-order valence-corrected chi connectivity index (χ1v) is 4.19. The van der Waals surface area contributed by atoms with Crippen molar-refractivity contribution in [1.82, 2.24) is 4.98 Å². The van der Waals surface area contributed by atoms with Crippen LogP contribution in [-0.4, -0.2) is 10.1 Å². The maximum atomic E-state index is 12.2. The Kier molecular flexibility index (Phi) is 3.16. The van der Waals surface area contributed by atoms with E-state index in [1.165, 1.54) is 6.07 Å². The van der Waals surface area contributed by atoms with Gasteiger partial charge in [-0.25, -0.2) is 13.8 Å². The van der Waals surface area contributed by atoms with Crippen LogP contribution in [0.3, 0.4) is 0 Å². The number of nitrogens with zero attached hydrogens (tertiary/aromatic N) is 1. The maximum absolute atomic E-state index is 12.2. The van der Waals surface area contributed by atoms with Gasteiger partial charge in [0.15, 0.2) is 0 Å². The Morgan fingerprint density at radius 3 is 2.69 bits per heavy atom. The van der Waals surface area contributed by atoms with Gasteiger partial charge in [0, 0.05) is 4.47 Å². The highest BCUT2D eigenvalue weighted by Crippen LogP contribution is 2.27. The van der Waals surface area contributed by atoms with Crippen LogP contribution in [0.2, 0.25) is 0 Å². The summed E-state index contributed by atoms with van der Waals surface area (Å²) in [5.41, 5.74) is 4.87. The molecule has 0 saturated carbocycles. The average molecular weight is 253 g/mol. The van der Waals surface area contributed by atoms with Gasteiger partial charge < -0.3 is 10.8 Å². The van der Waals surface area contributed by atoms with Crippen LogP contribution < -0.4 is 5.73 Å². The average Bonchev–Trinajstić information content (AvgIpc) is 2.03. The third kappa shape index (κ3) is 2.13. The first-order chi connectivity index (χ1) is 6.06. The van der Waals surface area contributed by atoms with E-state index < -0.39 is 18.7 Å². The third-order valence-corrected chi connectivity index (χ3v) is 2.15. The highest BCUT2D eigenvalue weighted by Gasteiger charge is 2.15. The number of nitrogens with two attached hydrogens (primary N) is 1. The molecule has 72 valence electrons. The van der Waals surface area contributed by atoms with Crippen LogP contribution in [0.15, 0.2) is 10.5 Å². The standard InChI is InChI=1S/C7H7BrF2N2O/c8-3-1-4(11)6(7(9)10)12-5(3)2-13/h1,7,13H,2,11H2. The molecule has 0 spiro atoms. The lowest BCUT2D eigenvalue weighted by molar-refractivity contribution is 0.146. The zero-order valence-electron chi connectivity index (χ0n) is 6.47. The Morgan fingerprint density at radius 2 is 2.23 bits per heavy atom. The van der Waals surface area contributed by atoms with Crippen LogP contribution in [0.1, 0.15) is 17.8 Å². The molecule has 1 heterocycles. The normalized spacial score (nSPS) is 10.8. The third-order valence-electron chi connectivity index (χ3n) is 1.47. The van der Waals surface area contributed by atoms with Gasteiger partial charge in [0.1, 0.15) is 5.69 Å². The molecule has 0 radical (unpaired) electrons. The van der Waals surface area contributed by atoms with Crippen LogP contribution in [0.5, 0.6) is 0 Å². The number of rotatable bonds is 2. The summed E-state index contributed by atoms with van der Waals surface area (Å²) in [7, 11) is 0. The van der Waals surface area contributed by atoms with Crippen LogP contribution in [0, 0.1) is 0 Å². The van der Waals surface area contributed by atoms with Crippen molar-refractivity contribution in [3.8, 4) is 0 Å². The van der Waals surface area contributed by atoms with Gasteiger partial charge in [0.05, 0.1) is 18.0 Å². The zero-order chi connectivity index (χ0) is 10.0. The van der Waals surface area contributed by atoms with Crippen molar-refractivity contribution >= 4 is 21.6 Å². The topological polar surface area (TPSA) is 59.1 Å². The number of aliphatic hydroxyl groups is 1. The van der Waals surface area contributed by atoms with E-state index >= 15 is 0 Å². The van der Waals surface area contributed by atoms with Gasteiger partial charge in [0.25, 0.3) is 6.43 Å². The lowest BCUT2D eigenvalue weighted by Crippen LogP contribution is -2.02. The number of anilines is 1. The molecule has 13 heavy (non-hydrogen) atoms. The summed E-state index contributed by atoms with van der Waals surface area (Å²) in [6.45, 7) is -0.402. The SMILES string of the molecule is Nc1cc(Br)c(CO)nc1C(F)F. The second-order valence-electron chi connectivity index (χ2n) is 2.35. The highest BCUT2D eigenvalue weighted by molar-refractivity contribution is 9.10. The monoisotopic (exact) mass is 252 g/mol. The summed E-state index contributed by atoms with van der Waals surface area (Å²) in [5.74, 6) is 0. The Labute approximate surface area is 81.7 Å². The fraction of sp³-hybridized carbons (Fsp3) is 0.286. The molecule has 0 aliphatic carbocycles. The molecule has 6 heteroatoms.